The zero-order chi connectivity index (χ0) is 10.7. The van der Waals surface area contributed by atoms with Gasteiger partial charge in [0, 0.05) is 10.9 Å². The van der Waals surface area contributed by atoms with Crippen LogP contribution in [0.15, 0.2) is 29.2 Å². The summed E-state index contributed by atoms with van der Waals surface area (Å²) < 4.78 is 5.18. The van der Waals surface area contributed by atoms with Gasteiger partial charge >= 0.3 is 0 Å². The quantitative estimate of drug-likeness (QED) is 0.848. The molecule has 0 bridgehead atoms. The minimum Gasteiger partial charge on any atom is -0.379 e. The van der Waals surface area contributed by atoms with Crippen molar-refractivity contribution in [2.75, 3.05) is 13.2 Å². The number of rotatable bonds is 4. The number of hydrogen-bond donors (Lipinski definition) is 1. The normalized spacial score (nSPS) is 18.5. The molecular weight excluding hydrogens is 206 g/mol. The molecule has 82 valence electrons. The number of ether oxygens (including phenoxy) is 1. The first kappa shape index (κ1) is 11.0. The number of nitrogens with two attached hydrogens (primary N) is 1. The van der Waals surface area contributed by atoms with Crippen LogP contribution in [0.1, 0.15) is 12.5 Å². The van der Waals surface area contributed by atoms with Crippen molar-refractivity contribution in [2.45, 2.75) is 29.5 Å². The van der Waals surface area contributed by atoms with Gasteiger partial charge in [-0.1, -0.05) is 18.2 Å². The van der Waals surface area contributed by atoms with Gasteiger partial charge in [-0.2, -0.15) is 0 Å². The van der Waals surface area contributed by atoms with Crippen molar-refractivity contribution < 1.29 is 4.74 Å². The molecule has 1 heterocycles. The molecule has 1 aromatic rings. The topological polar surface area (TPSA) is 35.2 Å². The molecule has 1 unspecified atom stereocenters. The average molecular weight is 223 g/mol. The molecule has 15 heavy (non-hydrogen) atoms. The van der Waals surface area contributed by atoms with E-state index in [1.54, 1.807) is 0 Å². The summed E-state index contributed by atoms with van der Waals surface area (Å²) in [5.41, 5.74) is 7.20. The third-order valence-electron chi connectivity index (χ3n) is 2.42. The second-order valence-corrected chi connectivity index (χ2v) is 5.41. The highest BCUT2D eigenvalue weighted by atomic mass is 32.2. The van der Waals surface area contributed by atoms with Crippen molar-refractivity contribution in [2.24, 2.45) is 5.73 Å². The second-order valence-electron chi connectivity index (χ2n) is 4.07. The Labute approximate surface area is 95.2 Å². The van der Waals surface area contributed by atoms with Crippen molar-refractivity contribution in [3.63, 3.8) is 0 Å². The average Bonchev–Trinajstić information content (AvgIpc) is 2.13. The molecule has 0 spiro atoms. The van der Waals surface area contributed by atoms with Gasteiger partial charge in [0.1, 0.15) is 0 Å². The minimum absolute atomic E-state index is 0.226. The van der Waals surface area contributed by atoms with Gasteiger partial charge in [0.05, 0.1) is 18.5 Å². The molecule has 0 aliphatic carbocycles. The Kier molecular flexibility index (Phi) is 3.67. The van der Waals surface area contributed by atoms with E-state index in [2.05, 4.69) is 24.3 Å². The predicted octanol–water partition coefficient (Wildman–Crippen LogP) is 2.07. The van der Waals surface area contributed by atoms with Crippen LogP contribution < -0.4 is 5.73 Å². The summed E-state index contributed by atoms with van der Waals surface area (Å²) in [6.07, 6.45) is 0.955. The maximum absolute atomic E-state index is 5.84. The summed E-state index contributed by atoms with van der Waals surface area (Å²) >= 11 is 1.92. The van der Waals surface area contributed by atoms with Crippen LogP contribution in [0, 0.1) is 0 Å². The van der Waals surface area contributed by atoms with Crippen LogP contribution in [0.4, 0.5) is 0 Å². The summed E-state index contributed by atoms with van der Waals surface area (Å²) in [7, 11) is 0. The van der Waals surface area contributed by atoms with Gasteiger partial charge < -0.3 is 10.5 Å². The molecule has 1 aliphatic heterocycles. The van der Waals surface area contributed by atoms with Gasteiger partial charge in [-0.15, -0.1) is 11.8 Å². The number of thioether (sulfide) groups is 1. The van der Waals surface area contributed by atoms with Crippen LogP contribution in [0.2, 0.25) is 0 Å². The Morgan fingerprint density at radius 3 is 2.80 bits per heavy atom. The summed E-state index contributed by atoms with van der Waals surface area (Å²) in [5, 5.41) is 0.638. The second kappa shape index (κ2) is 5.01. The summed E-state index contributed by atoms with van der Waals surface area (Å²) in [5.74, 6) is 0. The molecule has 1 fully saturated rings. The van der Waals surface area contributed by atoms with Crippen molar-refractivity contribution in [1.82, 2.24) is 0 Å². The third-order valence-corrected chi connectivity index (χ3v) is 3.67. The Morgan fingerprint density at radius 2 is 2.20 bits per heavy atom. The van der Waals surface area contributed by atoms with E-state index < -0.39 is 0 Å². The zero-order valence-corrected chi connectivity index (χ0v) is 9.80. The van der Waals surface area contributed by atoms with Crippen LogP contribution in [-0.4, -0.2) is 24.5 Å². The van der Waals surface area contributed by atoms with Gasteiger partial charge in [-0.3, -0.25) is 0 Å². The highest BCUT2D eigenvalue weighted by Gasteiger charge is 2.20. The lowest BCUT2D eigenvalue weighted by Gasteiger charge is -2.26. The smallest absolute Gasteiger partial charge is 0.0611 e. The van der Waals surface area contributed by atoms with Gasteiger partial charge in [0.2, 0.25) is 0 Å². The SMILES string of the molecule is CC(N)Cc1ccccc1SC1COC1. The maximum atomic E-state index is 5.84. The fourth-order valence-electron chi connectivity index (χ4n) is 1.60. The molecule has 2 N–H and O–H groups in total. The molecule has 1 atom stereocenters. The van der Waals surface area contributed by atoms with E-state index in [4.69, 9.17) is 10.5 Å². The monoisotopic (exact) mass is 223 g/mol. The van der Waals surface area contributed by atoms with E-state index in [1.807, 2.05) is 18.7 Å². The molecule has 3 heteroatoms. The fourth-order valence-corrected chi connectivity index (χ4v) is 2.74. The van der Waals surface area contributed by atoms with Gasteiger partial charge in [-0.05, 0) is 25.0 Å². The van der Waals surface area contributed by atoms with Crippen LogP contribution in [0.25, 0.3) is 0 Å². The van der Waals surface area contributed by atoms with Crippen molar-refractivity contribution in [3.8, 4) is 0 Å². The Balaban J connectivity index is 2.06. The summed E-state index contributed by atoms with van der Waals surface area (Å²) in [6.45, 7) is 3.82. The summed E-state index contributed by atoms with van der Waals surface area (Å²) in [4.78, 5) is 1.36. The van der Waals surface area contributed by atoms with Crippen molar-refractivity contribution in [1.29, 1.82) is 0 Å². The van der Waals surface area contributed by atoms with Gasteiger partial charge in [0.25, 0.3) is 0 Å². The highest BCUT2D eigenvalue weighted by molar-refractivity contribution is 8.00. The lowest BCUT2D eigenvalue weighted by Crippen LogP contribution is -2.30. The van der Waals surface area contributed by atoms with E-state index in [9.17, 15) is 0 Å². The third kappa shape index (κ3) is 2.97. The maximum Gasteiger partial charge on any atom is 0.0611 e. The van der Waals surface area contributed by atoms with Crippen LogP contribution in [0.3, 0.4) is 0 Å². The minimum atomic E-state index is 0.226. The first-order chi connectivity index (χ1) is 7.25. The lowest BCUT2D eigenvalue weighted by atomic mass is 10.1. The van der Waals surface area contributed by atoms with E-state index in [1.165, 1.54) is 10.5 Å². The van der Waals surface area contributed by atoms with E-state index in [-0.39, 0.29) is 6.04 Å². The summed E-state index contributed by atoms with van der Waals surface area (Å²) in [6, 6.07) is 8.75. The first-order valence-corrected chi connectivity index (χ1v) is 6.21. The highest BCUT2D eigenvalue weighted by Crippen LogP contribution is 2.30. The van der Waals surface area contributed by atoms with Gasteiger partial charge in [-0.25, -0.2) is 0 Å². The molecule has 0 aromatic heterocycles. The van der Waals surface area contributed by atoms with E-state index in [0.29, 0.717) is 5.25 Å². The Morgan fingerprint density at radius 1 is 1.47 bits per heavy atom. The predicted molar refractivity (Wildman–Crippen MR) is 64.3 cm³/mol. The van der Waals surface area contributed by atoms with Crippen LogP contribution in [0.5, 0.6) is 0 Å². The zero-order valence-electron chi connectivity index (χ0n) is 8.98. The van der Waals surface area contributed by atoms with Crippen LogP contribution >= 0.6 is 11.8 Å². The largest absolute Gasteiger partial charge is 0.379 e. The molecule has 0 saturated carbocycles. The fraction of sp³-hybridized carbons (Fsp3) is 0.500. The van der Waals surface area contributed by atoms with Crippen LogP contribution in [-0.2, 0) is 11.2 Å². The molecule has 2 nitrogen and oxygen atoms in total. The number of benzene rings is 1. The van der Waals surface area contributed by atoms with E-state index in [0.717, 1.165) is 19.6 Å². The molecule has 1 saturated heterocycles. The molecular formula is C12H17NOS. The lowest BCUT2D eigenvalue weighted by molar-refractivity contribution is 0.0455. The Hall–Kier alpha value is -0.510. The molecule has 0 amide bonds. The molecule has 0 radical (unpaired) electrons. The molecule has 1 aromatic carbocycles. The Bertz CT molecular complexity index is 323. The van der Waals surface area contributed by atoms with Gasteiger partial charge in [0.15, 0.2) is 0 Å². The number of hydrogen-bond acceptors (Lipinski definition) is 3. The standard InChI is InChI=1S/C12H17NOS/c1-9(13)6-10-4-2-3-5-12(10)15-11-7-14-8-11/h2-5,9,11H,6-8,13H2,1H3. The first-order valence-electron chi connectivity index (χ1n) is 5.33. The molecule has 2 rings (SSSR count). The molecule has 1 aliphatic rings. The van der Waals surface area contributed by atoms with E-state index >= 15 is 0 Å². The van der Waals surface area contributed by atoms with Crippen molar-refractivity contribution >= 4 is 11.8 Å². The van der Waals surface area contributed by atoms with Crippen molar-refractivity contribution in [3.05, 3.63) is 29.8 Å².